The van der Waals surface area contributed by atoms with Gasteiger partial charge in [-0.25, -0.2) is 18.1 Å². The smallest absolute Gasteiger partial charge is 0.259 e. The van der Waals surface area contributed by atoms with Gasteiger partial charge in [0.1, 0.15) is 0 Å². The number of alkyl halides is 1. The molecule has 86 valence electrons. The summed E-state index contributed by atoms with van der Waals surface area (Å²) in [5.41, 5.74) is 0. The highest BCUT2D eigenvalue weighted by Gasteiger charge is 2.20. The third-order valence-corrected chi connectivity index (χ3v) is 3.74. The number of aromatic nitrogens is 2. The van der Waals surface area contributed by atoms with Gasteiger partial charge >= 0.3 is 0 Å². The first-order valence-corrected chi connectivity index (χ1v) is 6.57. The molecule has 1 N–H and O–H groups in total. The van der Waals surface area contributed by atoms with E-state index in [1.807, 2.05) is 6.92 Å². The van der Waals surface area contributed by atoms with Crippen molar-refractivity contribution in [2.24, 2.45) is 7.05 Å². The molecule has 1 atom stereocenters. The summed E-state index contributed by atoms with van der Waals surface area (Å²) in [6, 6.07) is -0.251. The summed E-state index contributed by atoms with van der Waals surface area (Å²) in [5, 5.41) is 0.0218. The average molecular weight is 252 g/mol. The van der Waals surface area contributed by atoms with E-state index >= 15 is 0 Å². The number of hydrogen-bond donors (Lipinski definition) is 1. The predicted octanol–water partition coefficient (Wildman–Crippen LogP) is 0.716. The van der Waals surface area contributed by atoms with Crippen LogP contribution in [0.4, 0.5) is 0 Å². The van der Waals surface area contributed by atoms with Gasteiger partial charge in [-0.3, -0.25) is 0 Å². The fourth-order valence-electron chi connectivity index (χ4n) is 1.03. The highest BCUT2D eigenvalue weighted by Crippen LogP contribution is 2.06. The molecular weight excluding hydrogens is 238 g/mol. The standard InChI is InChI=1S/C8H14ClN3O2S/c1-3-7(4-9)11-15(13,14)8-5-12(2)6-10-8/h5-7,11H,3-4H2,1-2H3. The highest BCUT2D eigenvalue weighted by molar-refractivity contribution is 7.89. The largest absolute Gasteiger partial charge is 0.339 e. The van der Waals surface area contributed by atoms with E-state index in [2.05, 4.69) is 9.71 Å². The van der Waals surface area contributed by atoms with Crippen LogP contribution in [0, 0.1) is 0 Å². The molecule has 7 heteroatoms. The van der Waals surface area contributed by atoms with Gasteiger partial charge in [-0.1, -0.05) is 6.92 Å². The second kappa shape index (κ2) is 4.96. The molecule has 1 heterocycles. The first-order chi connectivity index (χ1) is 6.99. The monoisotopic (exact) mass is 251 g/mol. The van der Waals surface area contributed by atoms with Crippen LogP contribution in [0.1, 0.15) is 13.3 Å². The molecule has 1 rings (SSSR count). The van der Waals surface area contributed by atoms with E-state index in [-0.39, 0.29) is 16.9 Å². The number of nitrogens with one attached hydrogen (secondary N) is 1. The quantitative estimate of drug-likeness (QED) is 0.785. The number of hydrogen-bond acceptors (Lipinski definition) is 3. The van der Waals surface area contributed by atoms with Crippen molar-refractivity contribution in [3.05, 3.63) is 12.5 Å². The van der Waals surface area contributed by atoms with Crippen molar-refractivity contribution in [1.29, 1.82) is 0 Å². The summed E-state index contributed by atoms with van der Waals surface area (Å²) in [5.74, 6) is 0.253. The Hall–Kier alpha value is -0.590. The van der Waals surface area contributed by atoms with E-state index in [4.69, 9.17) is 11.6 Å². The Labute approximate surface area is 94.5 Å². The maximum atomic E-state index is 11.7. The summed E-state index contributed by atoms with van der Waals surface area (Å²) in [7, 11) is -1.82. The second-order valence-corrected chi connectivity index (χ2v) is 5.23. The molecule has 0 amide bonds. The second-order valence-electron chi connectivity index (χ2n) is 3.26. The van der Waals surface area contributed by atoms with Crippen molar-refractivity contribution in [2.75, 3.05) is 5.88 Å². The Balaban J connectivity index is 2.84. The van der Waals surface area contributed by atoms with Crippen LogP contribution in [0.5, 0.6) is 0 Å². The molecule has 15 heavy (non-hydrogen) atoms. The Morgan fingerprint density at radius 3 is 2.73 bits per heavy atom. The minimum Gasteiger partial charge on any atom is -0.339 e. The van der Waals surface area contributed by atoms with Crippen molar-refractivity contribution in [2.45, 2.75) is 24.4 Å². The Morgan fingerprint density at radius 1 is 1.67 bits per heavy atom. The van der Waals surface area contributed by atoms with Crippen molar-refractivity contribution >= 4 is 21.6 Å². The molecule has 1 aromatic heterocycles. The zero-order valence-electron chi connectivity index (χ0n) is 8.64. The minimum absolute atomic E-state index is 0.0218. The molecule has 5 nitrogen and oxygen atoms in total. The van der Waals surface area contributed by atoms with E-state index in [1.165, 1.54) is 12.5 Å². The maximum Gasteiger partial charge on any atom is 0.259 e. The van der Waals surface area contributed by atoms with Crippen LogP contribution in [0.2, 0.25) is 0 Å². The molecule has 0 spiro atoms. The summed E-state index contributed by atoms with van der Waals surface area (Å²) in [4.78, 5) is 3.78. The Morgan fingerprint density at radius 2 is 2.33 bits per heavy atom. The molecule has 1 aromatic rings. The fourth-order valence-corrected chi connectivity index (χ4v) is 2.72. The average Bonchev–Trinajstić information content (AvgIpc) is 2.62. The van der Waals surface area contributed by atoms with Crippen LogP contribution in [0.3, 0.4) is 0 Å². The van der Waals surface area contributed by atoms with E-state index in [0.29, 0.717) is 6.42 Å². The predicted molar refractivity (Wildman–Crippen MR) is 58.3 cm³/mol. The van der Waals surface area contributed by atoms with Gasteiger partial charge < -0.3 is 4.57 Å². The first kappa shape index (κ1) is 12.5. The maximum absolute atomic E-state index is 11.7. The Kier molecular flexibility index (Phi) is 4.12. The molecule has 0 saturated carbocycles. The van der Waals surface area contributed by atoms with Crippen molar-refractivity contribution in [3.63, 3.8) is 0 Å². The van der Waals surface area contributed by atoms with Crippen LogP contribution >= 0.6 is 11.6 Å². The van der Waals surface area contributed by atoms with Gasteiger partial charge in [-0.15, -0.1) is 11.6 Å². The summed E-state index contributed by atoms with van der Waals surface area (Å²) >= 11 is 5.61. The number of nitrogens with zero attached hydrogens (tertiary/aromatic N) is 2. The summed E-state index contributed by atoms with van der Waals surface area (Å²) < 4.78 is 27.5. The van der Waals surface area contributed by atoms with Gasteiger partial charge in [-0.05, 0) is 6.42 Å². The molecule has 0 fully saturated rings. The third-order valence-electron chi connectivity index (χ3n) is 1.96. The van der Waals surface area contributed by atoms with Gasteiger partial charge in [0.25, 0.3) is 10.0 Å². The summed E-state index contributed by atoms with van der Waals surface area (Å²) in [6.07, 6.45) is 3.54. The SMILES string of the molecule is CCC(CCl)NS(=O)(=O)c1cn(C)cn1. The lowest BCUT2D eigenvalue weighted by Crippen LogP contribution is -2.35. The van der Waals surface area contributed by atoms with E-state index in [9.17, 15) is 8.42 Å². The van der Waals surface area contributed by atoms with Crippen molar-refractivity contribution < 1.29 is 8.42 Å². The number of rotatable bonds is 5. The molecule has 0 bridgehead atoms. The molecule has 0 aliphatic carbocycles. The van der Waals surface area contributed by atoms with Crippen LogP contribution in [-0.2, 0) is 17.1 Å². The van der Waals surface area contributed by atoms with E-state index < -0.39 is 10.0 Å². The number of halogens is 1. The molecule has 0 radical (unpaired) electrons. The lowest BCUT2D eigenvalue weighted by molar-refractivity contribution is 0.554. The van der Waals surface area contributed by atoms with E-state index in [1.54, 1.807) is 11.6 Å². The molecule has 0 saturated heterocycles. The fraction of sp³-hybridized carbons (Fsp3) is 0.625. The third kappa shape index (κ3) is 3.19. The van der Waals surface area contributed by atoms with Gasteiger partial charge in [0.15, 0.2) is 5.03 Å². The van der Waals surface area contributed by atoms with Crippen LogP contribution < -0.4 is 4.72 Å². The van der Waals surface area contributed by atoms with Gasteiger partial charge in [0.2, 0.25) is 0 Å². The van der Waals surface area contributed by atoms with Crippen molar-refractivity contribution in [3.8, 4) is 0 Å². The van der Waals surface area contributed by atoms with Crippen LogP contribution in [0.15, 0.2) is 17.6 Å². The lowest BCUT2D eigenvalue weighted by atomic mass is 10.3. The molecule has 0 aromatic carbocycles. The lowest BCUT2D eigenvalue weighted by Gasteiger charge is -2.12. The molecule has 0 aliphatic rings. The summed E-state index contributed by atoms with van der Waals surface area (Å²) in [6.45, 7) is 1.87. The zero-order valence-corrected chi connectivity index (χ0v) is 10.2. The van der Waals surface area contributed by atoms with Gasteiger partial charge in [0, 0.05) is 25.2 Å². The number of aryl methyl sites for hydroxylation is 1. The molecule has 1 unspecified atom stereocenters. The molecular formula is C8H14ClN3O2S. The molecule has 0 aliphatic heterocycles. The van der Waals surface area contributed by atoms with Crippen LogP contribution in [0.25, 0.3) is 0 Å². The highest BCUT2D eigenvalue weighted by atomic mass is 35.5. The normalized spacial score (nSPS) is 14.1. The number of sulfonamides is 1. The zero-order chi connectivity index (χ0) is 11.5. The Bertz CT molecular complexity index is 411. The van der Waals surface area contributed by atoms with Crippen molar-refractivity contribution in [1.82, 2.24) is 14.3 Å². The minimum atomic E-state index is -3.53. The first-order valence-electron chi connectivity index (χ1n) is 4.56. The van der Waals surface area contributed by atoms with Gasteiger partial charge in [-0.2, -0.15) is 0 Å². The van der Waals surface area contributed by atoms with Crippen LogP contribution in [-0.4, -0.2) is 29.9 Å². The number of imidazole rings is 1. The van der Waals surface area contributed by atoms with E-state index in [0.717, 1.165) is 0 Å². The topological polar surface area (TPSA) is 64.0 Å². The van der Waals surface area contributed by atoms with Gasteiger partial charge in [0.05, 0.1) is 6.33 Å².